The number of thiocarbonyl (C=S) groups is 1. The zero-order chi connectivity index (χ0) is 13.8. The molecule has 1 aromatic carbocycles. The highest BCUT2D eigenvalue weighted by Gasteiger charge is 1.96. The molecule has 0 bridgehead atoms. The van der Waals surface area contributed by atoms with Crippen LogP contribution in [0.1, 0.15) is 38.5 Å². The summed E-state index contributed by atoms with van der Waals surface area (Å²) in [5.74, 6) is 0. The third kappa shape index (κ3) is 8.38. The summed E-state index contributed by atoms with van der Waals surface area (Å²) in [7, 11) is 0. The minimum Gasteiger partial charge on any atom is -0.362 e. The van der Waals surface area contributed by atoms with Crippen molar-refractivity contribution < 1.29 is 0 Å². The molecule has 0 fully saturated rings. The van der Waals surface area contributed by atoms with Gasteiger partial charge in [0.05, 0.1) is 0 Å². The lowest BCUT2D eigenvalue weighted by molar-refractivity contribution is 0.612. The Bertz CT molecular complexity index is 362. The van der Waals surface area contributed by atoms with Crippen LogP contribution in [0, 0.1) is 0 Å². The number of anilines is 1. The first-order valence-corrected chi connectivity index (χ1v) is 7.44. The fourth-order valence-electron chi connectivity index (χ4n) is 1.84. The molecule has 0 aromatic heterocycles. The van der Waals surface area contributed by atoms with E-state index in [2.05, 4.69) is 17.2 Å². The van der Waals surface area contributed by atoms with Crippen molar-refractivity contribution >= 4 is 23.0 Å². The van der Waals surface area contributed by atoms with E-state index in [0.29, 0.717) is 5.11 Å². The molecule has 3 heteroatoms. The second-order valence-corrected chi connectivity index (χ2v) is 5.00. The summed E-state index contributed by atoms with van der Waals surface area (Å²) in [6, 6.07) is 10.00. The van der Waals surface area contributed by atoms with E-state index in [4.69, 9.17) is 12.2 Å². The number of para-hydroxylation sites is 1. The van der Waals surface area contributed by atoms with Crippen molar-refractivity contribution in [3.63, 3.8) is 0 Å². The van der Waals surface area contributed by atoms with Gasteiger partial charge in [-0.1, -0.05) is 43.5 Å². The van der Waals surface area contributed by atoms with Gasteiger partial charge >= 0.3 is 0 Å². The van der Waals surface area contributed by atoms with E-state index in [1.165, 1.54) is 32.1 Å². The average molecular weight is 276 g/mol. The van der Waals surface area contributed by atoms with Gasteiger partial charge in [0.15, 0.2) is 5.11 Å². The minimum atomic E-state index is 0.706. The maximum Gasteiger partial charge on any atom is 0.170 e. The predicted octanol–water partition coefficient (Wildman–Crippen LogP) is 4.50. The van der Waals surface area contributed by atoms with Crippen LogP contribution in [0.25, 0.3) is 0 Å². The van der Waals surface area contributed by atoms with Gasteiger partial charge in [-0.15, -0.1) is 6.58 Å². The number of rotatable bonds is 9. The van der Waals surface area contributed by atoms with Crippen LogP contribution < -0.4 is 10.6 Å². The molecule has 0 unspecified atom stereocenters. The summed E-state index contributed by atoms with van der Waals surface area (Å²) in [5, 5.41) is 7.11. The SMILES string of the molecule is C=CCCCCCCCNC(=S)Nc1ccccc1. The first-order valence-electron chi connectivity index (χ1n) is 7.03. The Labute approximate surface area is 122 Å². The number of hydrogen-bond donors (Lipinski definition) is 2. The van der Waals surface area contributed by atoms with Gasteiger partial charge in [0.1, 0.15) is 0 Å². The smallest absolute Gasteiger partial charge is 0.170 e. The highest BCUT2D eigenvalue weighted by molar-refractivity contribution is 7.80. The van der Waals surface area contributed by atoms with Gasteiger partial charge in [-0.2, -0.15) is 0 Å². The number of unbranched alkanes of at least 4 members (excludes halogenated alkanes) is 5. The van der Waals surface area contributed by atoms with Crippen molar-refractivity contribution in [1.29, 1.82) is 0 Å². The van der Waals surface area contributed by atoms with E-state index in [-0.39, 0.29) is 0 Å². The van der Waals surface area contributed by atoms with Crippen molar-refractivity contribution in [3.05, 3.63) is 43.0 Å². The third-order valence-electron chi connectivity index (χ3n) is 2.90. The molecule has 0 atom stereocenters. The molecule has 0 aliphatic carbocycles. The highest BCUT2D eigenvalue weighted by Crippen LogP contribution is 2.06. The van der Waals surface area contributed by atoms with E-state index in [1.54, 1.807) is 0 Å². The molecule has 0 saturated heterocycles. The lowest BCUT2D eigenvalue weighted by Crippen LogP contribution is -2.29. The van der Waals surface area contributed by atoms with E-state index < -0.39 is 0 Å². The summed E-state index contributed by atoms with van der Waals surface area (Å²) >= 11 is 5.24. The zero-order valence-electron chi connectivity index (χ0n) is 11.5. The largest absolute Gasteiger partial charge is 0.362 e. The Balaban J connectivity index is 1.97. The molecule has 1 aromatic rings. The number of nitrogens with one attached hydrogen (secondary N) is 2. The zero-order valence-corrected chi connectivity index (χ0v) is 12.3. The number of benzene rings is 1. The Hall–Kier alpha value is -1.35. The molecule has 19 heavy (non-hydrogen) atoms. The van der Waals surface area contributed by atoms with Crippen molar-refractivity contribution in [2.75, 3.05) is 11.9 Å². The van der Waals surface area contributed by atoms with Gasteiger partial charge in [0.2, 0.25) is 0 Å². The molecule has 0 heterocycles. The van der Waals surface area contributed by atoms with E-state index in [9.17, 15) is 0 Å². The van der Waals surface area contributed by atoms with E-state index in [0.717, 1.165) is 18.7 Å². The van der Waals surface area contributed by atoms with Gasteiger partial charge in [0.25, 0.3) is 0 Å². The highest BCUT2D eigenvalue weighted by atomic mass is 32.1. The first-order chi connectivity index (χ1) is 9.33. The molecule has 0 aliphatic heterocycles. The van der Waals surface area contributed by atoms with Gasteiger partial charge in [0, 0.05) is 12.2 Å². The quantitative estimate of drug-likeness (QED) is 0.394. The van der Waals surface area contributed by atoms with Crippen LogP contribution in [-0.2, 0) is 0 Å². The van der Waals surface area contributed by atoms with Crippen LogP contribution in [0.5, 0.6) is 0 Å². The first kappa shape index (κ1) is 15.7. The molecule has 2 nitrogen and oxygen atoms in total. The molecule has 1 rings (SSSR count). The van der Waals surface area contributed by atoms with Crippen LogP contribution in [0.3, 0.4) is 0 Å². The van der Waals surface area contributed by atoms with Crippen LogP contribution in [0.15, 0.2) is 43.0 Å². The standard InChI is InChI=1S/C16H24N2S/c1-2-3-4-5-6-7-11-14-17-16(19)18-15-12-9-8-10-13-15/h2,8-10,12-13H,1,3-7,11,14H2,(H2,17,18,19). The molecular weight excluding hydrogens is 252 g/mol. The van der Waals surface area contributed by atoms with E-state index >= 15 is 0 Å². The molecule has 104 valence electrons. The lowest BCUT2D eigenvalue weighted by atomic mass is 10.1. The topological polar surface area (TPSA) is 24.1 Å². The van der Waals surface area contributed by atoms with Gasteiger partial charge in [-0.25, -0.2) is 0 Å². The average Bonchev–Trinajstić information content (AvgIpc) is 2.43. The second kappa shape index (κ2) is 10.6. The normalized spacial score (nSPS) is 9.89. The third-order valence-corrected chi connectivity index (χ3v) is 3.15. The summed E-state index contributed by atoms with van der Waals surface area (Å²) in [6.45, 7) is 4.67. The fourth-order valence-corrected chi connectivity index (χ4v) is 2.06. The Morgan fingerprint density at radius 2 is 1.74 bits per heavy atom. The molecule has 0 amide bonds. The number of allylic oxidation sites excluding steroid dienone is 1. The van der Waals surface area contributed by atoms with Crippen LogP contribution >= 0.6 is 12.2 Å². The molecule has 2 N–H and O–H groups in total. The number of hydrogen-bond acceptors (Lipinski definition) is 1. The minimum absolute atomic E-state index is 0.706. The second-order valence-electron chi connectivity index (χ2n) is 4.59. The maximum absolute atomic E-state index is 5.24. The Morgan fingerprint density at radius 3 is 2.47 bits per heavy atom. The summed E-state index contributed by atoms with van der Waals surface area (Å²) in [6.07, 6.45) is 9.44. The lowest BCUT2D eigenvalue weighted by Gasteiger charge is -2.10. The van der Waals surface area contributed by atoms with Crippen LogP contribution in [0.2, 0.25) is 0 Å². The maximum atomic E-state index is 5.24. The van der Waals surface area contributed by atoms with Crippen molar-refractivity contribution in [3.8, 4) is 0 Å². The predicted molar refractivity (Wildman–Crippen MR) is 88.6 cm³/mol. The molecule has 0 spiro atoms. The van der Waals surface area contributed by atoms with Gasteiger partial charge in [-0.3, -0.25) is 0 Å². The van der Waals surface area contributed by atoms with Crippen molar-refractivity contribution in [2.24, 2.45) is 0 Å². The monoisotopic (exact) mass is 276 g/mol. The van der Waals surface area contributed by atoms with Crippen LogP contribution in [-0.4, -0.2) is 11.7 Å². The van der Waals surface area contributed by atoms with Gasteiger partial charge < -0.3 is 10.6 Å². The Morgan fingerprint density at radius 1 is 1.05 bits per heavy atom. The molecular formula is C16H24N2S. The van der Waals surface area contributed by atoms with Crippen molar-refractivity contribution in [1.82, 2.24) is 5.32 Å². The van der Waals surface area contributed by atoms with Crippen molar-refractivity contribution in [2.45, 2.75) is 38.5 Å². The van der Waals surface area contributed by atoms with Crippen LogP contribution in [0.4, 0.5) is 5.69 Å². The fraction of sp³-hybridized carbons (Fsp3) is 0.438. The molecule has 0 radical (unpaired) electrons. The van der Waals surface area contributed by atoms with E-state index in [1.807, 2.05) is 36.4 Å². The molecule has 0 saturated carbocycles. The molecule has 0 aliphatic rings. The summed E-state index contributed by atoms with van der Waals surface area (Å²) in [4.78, 5) is 0. The summed E-state index contributed by atoms with van der Waals surface area (Å²) in [5.41, 5.74) is 1.03. The summed E-state index contributed by atoms with van der Waals surface area (Å²) < 4.78 is 0. The Kier molecular flexibility index (Phi) is 8.73. The van der Waals surface area contributed by atoms with Gasteiger partial charge in [-0.05, 0) is 43.6 Å².